The maximum atomic E-state index is 11.8. The van der Waals surface area contributed by atoms with Crippen molar-refractivity contribution in [1.29, 1.82) is 0 Å². The highest BCUT2D eigenvalue weighted by molar-refractivity contribution is 7.89. The molecule has 2 rings (SSSR count). The van der Waals surface area contributed by atoms with E-state index in [1.807, 2.05) is 0 Å². The average Bonchev–Trinajstić information content (AvgIpc) is 2.47. The van der Waals surface area contributed by atoms with Crippen molar-refractivity contribution < 1.29 is 13.2 Å². The monoisotopic (exact) mass is 299 g/mol. The van der Waals surface area contributed by atoms with E-state index in [2.05, 4.69) is 9.62 Å². The summed E-state index contributed by atoms with van der Waals surface area (Å²) in [5.74, 6) is 0. The van der Waals surface area contributed by atoms with E-state index in [4.69, 9.17) is 10.5 Å². The zero-order chi connectivity index (χ0) is 14.8. The predicted octanol–water partition coefficient (Wildman–Crippen LogP) is 0.792. The molecule has 0 saturated carbocycles. The lowest BCUT2D eigenvalue weighted by Gasteiger charge is -2.33. The van der Waals surface area contributed by atoms with Gasteiger partial charge in [0.1, 0.15) is 4.90 Å². The molecule has 1 aromatic carbocycles. The third-order valence-corrected chi connectivity index (χ3v) is 5.12. The van der Waals surface area contributed by atoms with E-state index >= 15 is 0 Å². The fraction of sp³-hybridized carbons (Fsp3) is 0.538. The van der Waals surface area contributed by atoms with Crippen LogP contribution in [0.25, 0.3) is 0 Å². The Morgan fingerprint density at radius 2 is 2.20 bits per heavy atom. The van der Waals surface area contributed by atoms with Crippen LogP contribution in [0.2, 0.25) is 0 Å². The average molecular weight is 299 g/mol. The van der Waals surface area contributed by atoms with Gasteiger partial charge in [-0.15, -0.1) is 0 Å². The molecule has 3 N–H and O–H groups in total. The summed E-state index contributed by atoms with van der Waals surface area (Å²) in [6, 6.07) is 5.05. The minimum atomic E-state index is -3.51. The Kier molecular flexibility index (Phi) is 4.52. The maximum Gasteiger partial charge on any atom is 0.242 e. The molecule has 0 aromatic heterocycles. The largest absolute Gasteiger partial charge is 0.398 e. The molecule has 1 aliphatic heterocycles. The first-order valence-electron chi connectivity index (χ1n) is 6.58. The highest BCUT2D eigenvalue weighted by Crippen LogP contribution is 2.27. The highest BCUT2D eigenvalue weighted by Gasteiger charge is 2.21. The van der Waals surface area contributed by atoms with Crippen molar-refractivity contribution in [1.82, 2.24) is 4.72 Å². The Morgan fingerprint density at radius 3 is 2.80 bits per heavy atom. The third kappa shape index (κ3) is 3.05. The Morgan fingerprint density at radius 1 is 1.45 bits per heavy atom. The van der Waals surface area contributed by atoms with Gasteiger partial charge in [0.05, 0.1) is 11.8 Å². The number of rotatable bonds is 4. The van der Waals surface area contributed by atoms with E-state index in [0.717, 1.165) is 31.6 Å². The number of sulfonamides is 1. The van der Waals surface area contributed by atoms with Crippen LogP contribution in [0.4, 0.5) is 11.4 Å². The molecule has 0 spiro atoms. The van der Waals surface area contributed by atoms with Crippen LogP contribution in [0.5, 0.6) is 0 Å². The van der Waals surface area contributed by atoms with E-state index in [1.54, 1.807) is 25.3 Å². The molecule has 20 heavy (non-hydrogen) atoms. The molecule has 112 valence electrons. The number of benzene rings is 1. The number of nitrogens with zero attached hydrogens (tertiary/aromatic N) is 1. The van der Waals surface area contributed by atoms with Crippen LogP contribution < -0.4 is 15.4 Å². The summed E-state index contributed by atoms with van der Waals surface area (Å²) in [5, 5.41) is 0. The second kappa shape index (κ2) is 5.99. The predicted molar refractivity (Wildman–Crippen MR) is 79.3 cm³/mol. The van der Waals surface area contributed by atoms with Gasteiger partial charge in [0, 0.05) is 25.9 Å². The molecule has 1 fully saturated rings. The van der Waals surface area contributed by atoms with Crippen LogP contribution in [0, 0.1) is 0 Å². The van der Waals surface area contributed by atoms with E-state index in [9.17, 15) is 8.42 Å². The second-order valence-electron chi connectivity index (χ2n) is 4.88. The van der Waals surface area contributed by atoms with Gasteiger partial charge in [0.2, 0.25) is 10.0 Å². The fourth-order valence-electron chi connectivity index (χ4n) is 2.45. The van der Waals surface area contributed by atoms with E-state index < -0.39 is 10.0 Å². The summed E-state index contributed by atoms with van der Waals surface area (Å²) in [7, 11) is -0.425. The Hall–Kier alpha value is -1.31. The summed E-state index contributed by atoms with van der Waals surface area (Å²) >= 11 is 0. The molecule has 1 heterocycles. The van der Waals surface area contributed by atoms with Crippen LogP contribution in [0.3, 0.4) is 0 Å². The van der Waals surface area contributed by atoms with Gasteiger partial charge in [-0.3, -0.25) is 0 Å². The van der Waals surface area contributed by atoms with Crippen LogP contribution in [-0.4, -0.2) is 41.8 Å². The van der Waals surface area contributed by atoms with E-state index in [1.165, 1.54) is 7.05 Å². The Bertz CT molecular complexity index is 574. The number of methoxy groups -OCH3 is 1. The zero-order valence-corrected chi connectivity index (χ0v) is 12.6. The molecule has 6 nitrogen and oxygen atoms in total. The molecular formula is C13H21N3O3S. The van der Waals surface area contributed by atoms with E-state index in [0.29, 0.717) is 0 Å². The first-order valence-corrected chi connectivity index (χ1v) is 8.07. The van der Waals surface area contributed by atoms with Crippen molar-refractivity contribution in [2.24, 2.45) is 0 Å². The van der Waals surface area contributed by atoms with Crippen molar-refractivity contribution in [3.63, 3.8) is 0 Å². The van der Waals surface area contributed by atoms with Crippen LogP contribution in [0.15, 0.2) is 23.1 Å². The molecule has 1 saturated heterocycles. The Balaban J connectivity index is 2.25. The van der Waals surface area contributed by atoms with Gasteiger partial charge in [0.15, 0.2) is 0 Å². The molecule has 0 aliphatic carbocycles. The molecule has 0 bridgehead atoms. The fourth-order valence-corrected chi connectivity index (χ4v) is 3.29. The highest BCUT2D eigenvalue weighted by atomic mass is 32.2. The number of hydrogen-bond acceptors (Lipinski definition) is 5. The SMILES string of the molecule is CNS(=O)(=O)c1ccc(N2CCCC(OC)C2)cc1N. The number of nitrogens with one attached hydrogen (secondary N) is 1. The minimum absolute atomic E-state index is 0.115. The normalized spacial score (nSPS) is 20.1. The minimum Gasteiger partial charge on any atom is -0.398 e. The number of anilines is 2. The molecule has 0 radical (unpaired) electrons. The van der Waals surface area contributed by atoms with Crippen LogP contribution in [-0.2, 0) is 14.8 Å². The smallest absolute Gasteiger partial charge is 0.242 e. The van der Waals surface area contributed by atoms with Gasteiger partial charge in [-0.2, -0.15) is 0 Å². The lowest BCUT2D eigenvalue weighted by Crippen LogP contribution is -2.39. The standard InChI is InChI=1S/C13H21N3O3S/c1-15-20(17,18)13-6-5-10(8-12(13)14)16-7-3-4-11(9-16)19-2/h5-6,8,11,15H,3-4,7,9,14H2,1-2H3. The summed E-state index contributed by atoms with van der Waals surface area (Å²) < 4.78 is 31.2. The van der Waals surface area contributed by atoms with Crippen molar-refractivity contribution in [2.75, 3.05) is 37.9 Å². The first kappa shape index (κ1) is 15.1. The summed E-state index contributed by atoms with van der Waals surface area (Å²) in [6.45, 7) is 1.73. The van der Waals surface area contributed by atoms with Crippen molar-refractivity contribution in [3.05, 3.63) is 18.2 Å². The summed E-state index contributed by atoms with van der Waals surface area (Å²) in [6.07, 6.45) is 2.31. The molecule has 1 unspecified atom stereocenters. The van der Waals surface area contributed by atoms with Gasteiger partial charge in [-0.1, -0.05) is 0 Å². The van der Waals surface area contributed by atoms with Crippen LogP contribution >= 0.6 is 0 Å². The lowest BCUT2D eigenvalue weighted by atomic mass is 10.1. The van der Waals surface area contributed by atoms with Crippen LogP contribution in [0.1, 0.15) is 12.8 Å². The number of ether oxygens (including phenoxy) is 1. The quantitative estimate of drug-likeness (QED) is 0.803. The van der Waals surface area contributed by atoms with Gasteiger partial charge >= 0.3 is 0 Å². The maximum absolute atomic E-state index is 11.8. The number of nitrogens with two attached hydrogens (primary N) is 1. The topological polar surface area (TPSA) is 84.7 Å². The van der Waals surface area contributed by atoms with E-state index in [-0.39, 0.29) is 16.7 Å². The van der Waals surface area contributed by atoms with Crippen molar-refractivity contribution >= 4 is 21.4 Å². The third-order valence-electron chi connectivity index (χ3n) is 3.63. The molecule has 1 aliphatic rings. The van der Waals surface area contributed by atoms with Crippen molar-refractivity contribution in [2.45, 2.75) is 23.8 Å². The molecule has 7 heteroatoms. The second-order valence-corrected chi connectivity index (χ2v) is 6.73. The summed E-state index contributed by atoms with van der Waals surface area (Å²) in [4.78, 5) is 2.29. The Labute approximate surface area is 120 Å². The lowest BCUT2D eigenvalue weighted by molar-refractivity contribution is 0.0893. The number of piperidine rings is 1. The molecule has 1 atom stereocenters. The van der Waals surface area contributed by atoms with Crippen molar-refractivity contribution in [3.8, 4) is 0 Å². The molecule has 1 aromatic rings. The van der Waals surface area contributed by atoms with Gasteiger partial charge in [0.25, 0.3) is 0 Å². The number of hydrogen-bond donors (Lipinski definition) is 2. The first-order chi connectivity index (χ1) is 9.47. The molecular weight excluding hydrogens is 278 g/mol. The van der Waals surface area contributed by atoms with Gasteiger partial charge in [-0.25, -0.2) is 13.1 Å². The summed E-state index contributed by atoms with van der Waals surface area (Å²) in [5.41, 5.74) is 7.07. The zero-order valence-electron chi connectivity index (χ0n) is 11.8. The van der Waals surface area contributed by atoms with Gasteiger partial charge in [-0.05, 0) is 38.1 Å². The van der Waals surface area contributed by atoms with Gasteiger partial charge < -0.3 is 15.4 Å². The molecule has 0 amide bonds. The number of nitrogen functional groups attached to an aromatic ring is 1.